The van der Waals surface area contributed by atoms with Gasteiger partial charge in [0.15, 0.2) is 0 Å². The zero-order valence-electron chi connectivity index (χ0n) is 10.1. The topological polar surface area (TPSA) is 24.4 Å². The van der Waals surface area contributed by atoms with Crippen molar-refractivity contribution >= 4 is 16.8 Å². The first kappa shape index (κ1) is 13.0. The van der Waals surface area contributed by atoms with Gasteiger partial charge in [0, 0.05) is 18.8 Å². The molecule has 1 rings (SSSR count). The van der Waals surface area contributed by atoms with E-state index in [0.29, 0.717) is 0 Å². The molecule has 0 atom stereocenters. The monoisotopic (exact) mass is 228 g/mol. The fraction of sp³-hybridized carbons (Fsp3) is 0.917. The van der Waals surface area contributed by atoms with E-state index in [4.69, 9.17) is 0 Å². The molecule has 0 heterocycles. The minimum Gasteiger partial charge on any atom is -0.308 e. The summed E-state index contributed by atoms with van der Waals surface area (Å²) in [6.45, 7) is 3.32. The van der Waals surface area contributed by atoms with Crippen LogP contribution in [0.25, 0.3) is 0 Å². The van der Waals surface area contributed by atoms with Crippen molar-refractivity contribution in [2.24, 2.45) is 10.9 Å². The standard InChI is InChI=1S/C12H24N2S/c1-3-9-14-10-15-12(13-2)11-7-5-4-6-8-11/h11,14H,3-10H2,1-2H3/b13-12-. The fourth-order valence-corrected chi connectivity index (χ4v) is 3.08. The van der Waals surface area contributed by atoms with Crippen LogP contribution in [0.15, 0.2) is 4.99 Å². The predicted octanol–water partition coefficient (Wildman–Crippen LogP) is 3.29. The maximum atomic E-state index is 4.45. The van der Waals surface area contributed by atoms with E-state index in [9.17, 15) is 0 Å². The SMILES string of the molecule is CCCNCS/C(=N\C)C1CCCCC1. The molecular weight excluding hydrogens is 204 g/mol. The first-order valence-corrected chi connectivity index (χ1v) is 7.17. The van der Waals surface area contributed by atoms with E-state index < -0.39 is 0 Å². The summed E-state index contributed by atoms with van der Waals surface area (Å²) in [5.41, 5.74) is 0. The highest BCUT2D eigenvalue weighted by molar-refractivity contribution is 8.13. The fourth-order valence-electron chi connectivity index (χ4n) is 2.09. The number of rotatable bonds is 5. The zero-order valence-corrected chi connectivity index (χ0v) is 10.9. The van der Waals surface area contributed by atoms with Gasteiger partial charge in [0.1, 0.15) is 0 Å². The van der Waals surface area contributed by atoms with Crippen molar-refractivity contribution in [3.8, 4) is 0 Å². The van der Waals surface area contributed by atoms with Crippen molar-refractivity contribution in [1.29, 1.82) is 0 Å². The average Bonchev–Trinajstić information content (AvgIpc) is 2.30. The second-order valence-electron chi connectivity index (χ2n) is 4.19. The van der Waals surface area contributed by atoms with E-state index in [0.717, 1.165) is 18.3 Å². The molecule has 0 amide bonds. The Labute approximate surface area is 98.3 Å². The second-order valence-corrected chi connectivity index (χ2v) is 5.18. The largest absolute Gasteiger partial charge is 0.308 e. The van der Waals surface area contributed by atoms with Crippen LogP contribution in [0, 0.1) is 5.92 Å². The lowest BCUT2D eigenvalue weighted by Crippen LogP contribution is -2.20. The van der Waals surface area contributed by atoms with Crippen LogP contribution in [-0.4, -0.2) is 24.5 Å². The quantitative estimate of drug-likeness (QED) is 0.338. The number of aliphatic imine (C=N–C) groups is 1. The molecule has 0 unspecified atom stereocenters. The highest BCUT2D eigenvalue weighted by Gasteiger charge is 2.18. The maximum absolute atomic E-state index is 4.45. The summed E-state index contributed by atoms with van der Waals surface area (Å²) in [7, 11) is 1.94. The van der Waals surface area contributed by atoms with E-state index in [1.54, 1.807) is 0 Å². The summed E-state index contributed by atoms with van der Waals surface area (Å²) < 4.78 is 0. The Bertz CT molecular complexity index is 186. The van der Waals surface area contributed by atoms with Crippen LogP contribution in [0.1, 0.15) is 45.4 Å². The molecule has 88 valence electrons. The lowest BCUT2D eigenvalue weighted by Gasteiger charge is -2.22. The third-order valence-electron chi connectivity index (χ3n) is 2.92. The molecule has 2 nitrogen and oxygen atoms in total. The third kappa shape index (κ3) is 5.03. The molecule has 0 radical (unpaired) electrons. The van der Waals surface area contributed by atoms with Crippen LogP contribution in [-0.2, 0) is 0 Å². The van der Waals surface area contributed by atoms with Gasteiger partial charge >= 0.3 is 0 Å². The number of hydrogen-bond donors (Lipinski definition) is 1. The zero-order chi connectivity index (χ0) is 10.9. The summed E-state index contributed by atoms with van der Waals surface area (Å²) >= 11 is 1.91. The van der Waals surface area contributed by atoms with Crippen molar-refractivity contribution < 1.29 is 0 Å². The Balaban J connectivity index is 2.22. The van der Waals surface area contributed by atoms with Gasteiger partial charge in [-0.25, -0.2) is 0 Å². The Kier molecular flexibility index (Phi) is 7.11. The number of hydrogen-bond acceptors (Lipinski definition) is 3. The third-order valence-corrected chi connectivity index (χ3v) is 4.08. The summed E-state index contributed by atoms with van der Waals surface area (Å²) in [6.07, 6.45) is 8.13. The van der Waals surface area contributed by atoms with Crippen molar-refractivity contribution in [1.82, 2.24) is 5.32 Å². The molecule has 1 saturated carbocycles. The molecule has 0 bridgehead atoms. The lowest BCUT2D eigenvalue weighted by atomic mass is 9.90. The molecule has 3 heteroatoms. The first-order valence-electron chi connectivity index (χ1n) is 6.18. The van der Waals surface area contributed by atoms with E-state index in [1.165, 1.54) is 43.6 Å². The minimum absolute atomic E-state index is 0.761. The molecule has 0 aromatic rings. The predicted molar refractivity (Wildman–Crippen MR) is 70.7 cm³/mol. The van der Waals surface area contributed by atoms with Gasteiger partial charge in [-0.15, -0.1) is 0 Å². The Morgan fingerprint density at radius 1 is 1.33 bits per heavy atom. The average molecular weight is 228 g/mol. The van der Waals surface area contributed by atoms with Gasteiger partial charge in [0.25, 0.3) is 0 Å². The molecule has 0 aromatic carbocycles. The molecule has 1 N–H and O–H groups in total. The summed E-state index contributed by atoms with van der Waals surface area (Å²) in [4.78, 5) is 4.45. The van der Waals surface area contributed by atoms with Gasteiger partial charge in [0.05, 0.1) is 5.04 Å². The van der Waals surface area contributed by atoms with Crippen LogP contribution >= 0.6 is 11.8 Å². The van der Waals surface area contributed by atoms with Crippen LogP contribution in [0.3, 0.4) is 0 Å². The molecule has 1 fully saturated rings. The van der Waals surface area contributed by atoms with E-state index in [-0.39, 0.29) is 0 Å². The summed E-state index contributed by atoms with van der Waals surface area (Å²) in [5, 5.41) is 4.79. The molecular formula is C12H24N2S. The Morgan fingerprint density at radius 3 is 2.67 bits per heavy atom. The highest BCUT2D eigenvalue weighted by Crippen LogP contribution is 2.28. The van der Waals surface area contributed by atoms with Crippen LogP contribution in [0.2, 0.25) is 0 Å². The summed E-state index contributed by atoms with van der Waals surface area (Å²) in [5.74, 6) is 1.79. The molecule has 0 aromatic heterocycles. The number of thioether (sulfide) groups is 1. The van der Waals surface area contributed by atoms with Gasteiger partial charge < -0.3 is 5.32 Å². The number of nitrogens with zero attached hydrogens (tertiary/aromatic N) is 1. The minimum atomic E-state index is 0.761. The smallest absolute Gasteiger partial charge is 0.0715 e. The van der Waals surface area contributed by atoms with Crippen molar-refractivity contribution in [3.63, 3.8) is 0 Å². The van der Waals surface area contributed by atoms with E-state index >= 15 is 0 Å². The highest BCUT2D eigenvalue weighted by atomic mass is 32.2. The normalized spacial score (nSPS) is 19.5. The molecule has 0 aliphatic heterocycles. The van der Waals surface area contributed by atoms with Gasteiger partial charge in [0.2, 0.25) is 0 Å². The molecule has 0 spiro atoms. The van der Waals surface area contributed by atoms with Crippen LogP contribution in [0.5, 0.6) is 0 Å². The molecule has 1 aliphatic rings. The summed E-state index contributed by atoms with van der Waals surface area (Å²) in [6, 6.07) is 0. The second kappa shape index (κ2) is 8.17. The van der Waals surface area contributed by atoms with Gasteiger partial charge in [-0.1, -0.05) is 37.9 Å². The van der Waals surface area contributed by atoms with Crippen molar-refractivity contribution in [2.45, 2.75) is 45.4 Å². The van der Waals surface area contributed by atoms with Gasteiger partial charge in [-0.05, 0) is 25.8 Å². The van der Waals surface area contributed by atoms with E-state index in [2.05, 4.69) is 17.2 Å². The lowest BCUT2D eigenvalue weighted by molar-refractivity contribution is 0.443. The molecule has 0 saturated heterocycles. The van der Waals surface area contributed by atoms with Gasteiger partial charge in [-0.3, -0.25) is 4.99 Å². The van der Waals surface area contributed by atoms with Crippen molar-refractivity contribution in [3.05, 3.63) is 0 Å². The van der Waals surface area contributed by atoms with E-state index in [1.807, 2.05) is 18.8 Å². The first-order chi connectivity index (χ1) is 7.38. The van der Waals surface area contributed by atoms with Crippen LogP contribution in [0.4, 0.5) is 0 Å². The van der Waals surface area contributed by atoms with Crippen molar-refractivity contribution in [2.75, 3.05) is 19.5 Å². The number of nitrogens with one attached hydrogen (secondary N) is 1. The molecule has 15 heavy (non-hydrogen) atoms. The maximum Gasteiger partial charge on any atom is 0.0715 e. The van der Waals surface area contributed by atoms with Gasteiger partial charge in [-0.2, -0.15) is 0 Å². The van der Waals surface area contributed by atoms with Crippen LogP contribution < -0.4 is 5.32 Å². The molecule has 1 aliphatic carbocycles. The Morgan fingerprint density at radius 2 is 2.07 bits per heavy atom. The Hall–Kier alpha value is -0.0200.